The van der Waals surface area contributed by atoms with Crippen molar-refractivity contribution in [1.82, 2.24) is 5.43 Å². The Labute approximate surface area is 179 Å². The molecule has 0 atom stereocenters. The number of hydrazone groups is 1. The smallest absolute Gasteiger partial charge is 0.271 e. The van der Waals surface area contributed by atoms with Crippen molar-refractivity contribution in [2.45, 2.75) is 6.61 Å². The highest BCUT2D eigenvalue weighted by atomic mass is 127. The Kier molecular flexibility index (Phi) is 7.00. The largest absolute Gasteiger partial charge is 0.489 e. The summed E-state index contributed by atoms with van der Waals surface area (Å²) in [5, 5.41) is 4.03. The maximum atomic E-state index is 12.1. The number of hydrogen-bond donors (Lipinski definition) is 1. The van der Waals surface area contributed by atoms with Gasteiger partial charge >= 0.3 is 0 Å². The van der Waals surface area contributed by atoms with Gasteiger partial charge in [0.15, 0.2) is 0 Å². The maximum Gasteiger partial charge on any atom is 0.271 e. The van der Waals surface area contributed by atoms with Gasteiger partial charge in [-0.1, -0.05) is 46.3 Å². The van der Waals surface area contributed by atoms with Crippen LogP contribution in [0.4, 0.5) is 0 Å². The van der Waals surface area contributed by atoms with Gasteiger partial charge in [0.1, 0.15) is 12.4 Å². The van der Waals surface area contributed by atoms with Crippen LogP contribution in [0.2, 0.25) is 0 Å². The van der Waals surface area contributed by atoms with Gasteiger partial charge in [-0.15, -0.1) is 0 Å². The zero-order chi connectivity index (χ0) is 19.1. The van der Waals surface area contributed by atoms with Crippen LogP contribution >= 0.6 is 38.5 Å². The number of amides is 1. The number of halogens is 2. The average Bonchev–Trinajstić information content (AvgIpc) is 2.68. The minimum atomic E-state index is -0.243. The minimum absolute atomic E-state index is 0.243. The first-order chi connectivity index (χ1) is 13.1. The topological polar surface area (TPSA) is 50.7 Å². The number of benzene rings is 3. The SMILES string of the molecule is O=C(N/N=C\c1cccc(OCc2ccc(Br)cc2)c1)c1cccc(I)c1. The molecule has 0 saturated heterocycles. The lowest BCUT2D eigenvalue weighted by Gasteiger charge is -2.07. The zero-order valence-corrected chi connectivity index (χ0v) is 18.0. The molecule has 1 N–H and O–H groups in total. The quantitative estimate of drug-likeness (QED) is 0.261. The van der Waals surface area contributed by atoms with Gasteiger partial charge in [0, 0.05) is 13.6 Å². The van der Waals surface area contributed by atoms with Gasteiger partial charge in [-0.3, -0.25) is 4.79 Å². The van der Waals surface area contributed by atoms with E-state index in [1.54, 1.807) is 12.3 Å². The standard InChI is InChI=1S/C21H16BrIN2O2/c22-18-9-7-15(8-10-18)14-27-20-6-1-3-16(11-20)13-24-25-21(26)17-4-2-5-19(23)12-17/h1-13H,14H2,(H,25,26)/b24-13-. The molecule has 0 aliphatic heterocycles. The van der Waals surface area contributed by atoms with E-state index in [4.69, 9.17) is 4.74 Å². The van der Waals surface area contributed by atoms with Gasteiger partial charge in [0.05, 0.1) is 6.21 Å². The van der Waals surface area contributed by atoms with Crippen molar-refractivity contribution < 1.29 is 9.53 Å². The molecule has 0 aliphatic carbocycles. The second-order valence-corrected chi connectivity index (χ2v) is 7.86. The Morgan fingerprint density at radius 3 is 2.63 bits per heavy atom. The Morgan fingerprint density at radius 2 is 1.85 bits per heavy atom. The first kappa shape index (κ1) is 19.6. The molecule has 136 valence electrons. The summed E-state index contributed by atoms with van der Waals surface area (Å²) in [7, 11) is 0. The van der Waals surface area contributed by atoms with Crippen molar-refractivity contribution in [3.63, 3.8) is 0 Å². The van der Waals surface area contributed by atoms with Gasteiger partial charge in [0.25, 0.3) is 5.91 Å². The van der Waals surface area contributed by atoms with E-state index in [9.17, 15) is 4.79 Å². The molecule has 0 spiro atoms. The Bertz CT molecular complexity index is 958. The van der Waals surface area contributed by atoms with Gasteiger partial charge in [0.2, 0.25) is 0 Å². The minimum Gasteiger partial charge on any atom is -0.489 e. The summed E-state index contributed by atoms with van der Waals surface area (Å²) in [6.07, 6.45) is 1.60. The molecular formula is C21H16BrIN2O2. The van der Waals surface area contributed by atoms with Gasteiger partial charge in [-0.2, -0.15) is 5.10 Å². The van der Waals surface area contributed by atoms with E-state index >= 15 is 0 Å². The number of carbonyl (C=O) groups excluding carboxylic acids is 1. The second-order valence-electron chi connectivity index (χ2n) is 5.70. The summed E-state index contributed by atoms with van der Waals surface area (Å²) in [6, 6.07) is 22.9. The van der Waals surface area contributed by atoms with Crippen LogP contribution in [-0.4, -0.2) is 12.1 Å². The Balaban J connectivity index is 1.57. The molecule has 0 unspecified atom stereocenters. The predicted molar refractivity (Wildman–Crippen MR) is 119 cm³/mol. The number of nitrogens with zero attached hydrogens (tertiary/aromatic N) is 1. The molecule has 4 nitrogen and oxygen atoms in total. The van der Waals surface area contributed by atoms with Crippen molar-refractivity contribution >= 4 is 50.6 Å². The van der Waals surface area contributed by atoms with E-state index in [1.807, 2.05) is 66.7 Å². The van der Waals surface area contributed by atoms with Crippen LogP contribution in [0.15, 0.2) is 82.4 Å². The average molecular weight is 535 g/mol. The number of rotatable bonds is 6. The molecular weight excluding hydrogens is 519 g/mol. The number of ether oxygens (including phenoxy) is 1. The van der Waals surface area contributed by atoms with E-state index in [0.29, 0.717) is 12.2 Å². The van der Waals surface area contributed by atoms with E-state index in [-0.39, 0.29) is 5.91 Å². The van der Waals surface area contributed by atoms with Crippen LogP contribution in [0.5, 0.6) is 5.75 Å². The van der Waals surface area contributed by atoms with Crippen LogP contribution < -0.4 is 10.2 Å². The summed E-state index contributed by atoms with van der Waals surface area (Å²) >= 11 is 5.59. The molecule has 3 rings (SSSR count). The van der Waals surface area contributed by atoms with Crippen molar-refractivity contribution in [3.05, 3.63) is 97.5 Å². The van der Waals surface area contributed by atoms with Crippen LogP contribution in [0, 0.1) is 3.57 Å². The van der Waals surface area contributed by atoms with Crippen molar-refractivity contribution in [2.75, 3.05) is 0 Å². The molecule has 0 saturated carbocycles. The lowest BCUT2D eigenvalue weighted by atomic mass is 10.2. The highest BCUT2D eigenvalue weighted by Crippen LogP contribution is 2.16. The first-order valence-corrected chi connectivity index (χ1v) is 10.0. The third-order valence-electron chi connectivity index (χ3n) is 3.64. The fourth-order valence-electron chi connectivity index (χ4n) is 2.29. The molecule has 0 aromatic heterocycles. The summed E-state index contributed by atoms with van der Waals surface area (Å²) in [5.41, 5.74) is 5.04. The summed E-state index contributed by atoms with van der Waals surface area (Å²) < 4.78 is 7.86. The van der Waals surface area contributed by atoms with E-state index in [1.165, 1.54) is 0 Å². The number of nitrogens with one attached hydrogen (secondary N) is 1. The fourth-order valence-corrected chi connectivity index (χ4v) is 3.10. The van der Waals surface area contributed by atoms with E-state index in [2.05, 4.69) is 49.0 Å². The summed E-state index contributed by atoms with van der Waals surface area (Å²) in [5.74, 6) is 0.498. The molecule has 0 fully saturated rings. The third-order valence-corrected chi connectivity index (χ3v) is 4.84. The fraction of sp³-hybridized carbons (Fsp3) is 0.0476. The zero-order valence-electron chi connectivity index (χ0n) is 14.2. The number of hydrogen-bond acceptors (Lipinski definition) is 3. The molecule has 0 radical (unpaired) electrons. The highest BCUT2D eigenvalue weighted by molar-refractivity contribution is 14.1. The molecule has 3 aromatic carbocycles. The Hall–Kier alpha value is -2.19. The Morgan fingerprint density at radius 1 is 1.07 bits per heavy atom. The van der Waals surface area contributed by atoms with Crippen molar-refractivity contribution in [1.29, 1.82) is 0 Å². The molecule has 6 heteroatoms. The summed E-state index contributed by atoms with van der Waals surface area (Å²) in [6.45, 7) is 0.483. The lowest BCUT2D eigenvalue weighted by molar-refractivity contribution is 0.0955. The second kappa shape index (κ2) is 9.66. The van der Waals surface area contributed by atoms with Gasteiger partial charge in [-0.25, -0.2) is 5.43 Å². The summed E-state index contributed by atoms with van der Waals surface area (Å²) in [4.78, 5) is 12.1. The molecule has 0 bridgehead atoms. The molecule has 1 amide bonds. The normalized spacial score (nSPS) is 10.7. The van der Waals surface area contributed by atoms with Crippen molar-refractivity contribution in [3.8, 4) is 5.75 Å². The maximum absolute atomic E-state index is 12.1. The molecule has 3 aromatic rings. The van der Waals surface area contributed by atoms with Crippen LogP contribution in [-0.2, 0) is 6.61 Å². The van der Waals surface area contributed by atoms with E-state index in [0.717, 1.165) is 24.9 Å². The predicted octanol–water partition coefficient (Wildman–Crippen LogP) is 5.40. The number of carbonyl (C=O) groups is 1. The van der Waals surface area contributed by atoms with Gasteiger partial charge < -0.3 is 4.74 Å². The molecule has 0 heterocycles. The van der Waals surface area contributed by atoms with Gasteiger partial charge in [-0.05, 0) is 76.2 Å². The van der Waals surface area contributed by atoms with E-state index < -0.39 is 0 Å². The molecule has 27 heavy (non-hydrogen) atoms. The monoisotopic (exact) mass is 534 g/mol. The molecule has 0 aliphatic rings. The van der Waals surface area contributed by atoms with Crippen LogP contribution in [0.1, 0.15) is 21.5 Å². The third kappa shape index (κ3) is 6.18. The van der Waals surface area contributed by atoms with Crippen LogP contribution in [0.25, 0.3) is 0 Å². The van der Waals surface area contributed by atoms with Crippen molar-refractivity contribution in [2.24, 2.45) is 5.10 Å². The van der Waals surface area contributed by atoms with Crippen LogP contribution in [0.3, 0.4) is 0 Å². The lowest BCUT2D eigenvalue weighted by Crippen LogP contribution is -2.17. The highest BCUT2D eigenvalue weighted by Gasteiger charge is 2.04. The first-order valence-electron chi connectivity index (χ1n) is 8.16.